The van der Waals surface area contributed by atoms with Gasteiger partial charge in [0.2, 0.25) is 0 Å². The lowest BCUT2D eigenvalue weighted by Crippen LogP contribution is -2.39. The molecular formula is C18H20ClF3N4. The second-order valence-corrected chi connectivity index (χ2v) is 6.95. The van der Waals surface area contributed by atoms with Crippen LogP contribution in [0.15, 0.2) is 36.8 Å². The highest BCUT2D eigenvalue weighted by Gasteiger charge is 2.33. The molecule has 2 aromatic rings. The van der Waals surface area contributed by atoms with Crippen molar-refractivity contribution in [3.8, 4) is 0 Å². The van der Waals surface area contributed by atoms with E-state index in [-0.39, 0.29) is 12.0 Å². The molecule has 1 aliphatic heterocycles. The molecule has 1 aromatic heterocycles. The third kappa shape index (κ3) is 4.27. The quantitative estimate of drug-likeness (QED) is 0.833. The maximum absolute atomic E-state index is 12.8. The fraction of sp³-hybridized carbons (Fsp3) is 0.444. The van der Waals surface area contributed by atoms with Gasteiger partial charge in [0, 0.05) is 12.6 Å². The van der Waals surface area contributed by atoms with Crippen LogP contribution in [0.2, 0.25) is 5.02 Å². The number of piperidine rings is 1. The predicted molar refractivity (Wildman–Crippen MR) is 95.1 cm³/mol. The number of hydrogen-bond acceptors (Lipinski definition) is 4. The number of rotatable bonds is 4. The number of halogens is 4. The summed E-state index contributed by atoms with van der Waals surface area (Å²) in [6, 6.07) is 5.52. The van der Waals surface area contributed by atoms with Crippen molar-refractivity contribution in [2.45, 2.75) is 25.1 Å². The van der Waals surface area contributed by atoms with Gasteiger partial charge in [0.25, 0.3) is 0 Å². The van der Waals surface area contributed by atoms with Gasteiger partial charge in [-0.1, -0.05) is 23.7 Å². The van der Waals surface area contributed by atoms with Crippen LogP contribution in [0.4, 0.5) is 19.0 Å². The molecule has 0 bridgehead atoms. The van der Waals surface area contributed by atoms with Crippen molar-refractivity contribution in [2.75, 3.05) is 25.5 Å². The minimum Gasteiger partial charge on any atom is -0.368 e. The second-order valence-electron chi connectivity index (χ2n) is 6.55. The van der Waals surface area contributed by atoms with Gasteiger partial charge in [-0.25, -0.2) is 9.97 Å². The van der Waals surface area contributed by atoms with Gasteiger partial charge in [-0.3, -0.25) is 4.90 Å². The Kier molecular flexibility index (Phi) is 5.67. The molecule has 1 saturated heterocycles. The molecule has 8 heteroatoms. The number of nitrogens with one attached hydrogen (secondary N) is 1. The van der Waals surface area contributed by atoms with Crippen LogP contribution in [0.3, 0.4) is 0 Å². The number of likely N-dealkylation sites (tertiary alicyclic amines) is 1. The summed E-state index contributed by atoms with van der Waals surface area (Å²) in [5.41, 5.74) is 0.267. The molecule has 0 aliphatic carbocycles. The van der Waals surface area contributed by atoms with E-state index in [1.165, 1.54) is 12.5 Å². The van der Waals surface area contributed by atoms with Gasteiger partial charge in [0.15, 0.2) is 0 Å². The number of hydrogen-bond donors (Lipinski definition) is 1. The number of nitrogens with zero attached hydrogens (tertiary/aromatic N) is 3. The molecule has 1 fully saturated rings. The highest BCUT2D eigenvalue weighted by Crippen LogP contribution is 2.37. The van der Waals surface area contributed by atoms with Crippen LogP contribution in [0.5, 0.6) is 0 Å². The van der Waals surface area contributed by atoms with E-state index in [0.29, 0.717) is 17.4 Å². The molecule has 2 heterocycles. The fourth-order valence-corrected chi connectivity index (χ4v) is 3.71. The largest absolute Gasteiger partial charge is 0.416 e. The Morgan fingerprint density at radius 1 is 1.27 bits per heavy atom. The topological polar surface area (TPSA) is 41.0 Å². The second kappa shape index (κ2) is 7.80. The first-order chi connectivity index (χ1) is 12.4. The molecule has 0 amide bonds. The van der Waals surface area contributed by atoms with E-state index >= 15 is 0 Å². The molecule has 140 valence electrons. The van der Waals surface area contributed by atoms with Crippen LogP contribution in [0.1, 0.15) is 30.0 Å². The van der Waals surface area contributed by atoms with Crippen molar-refractivity contribution in [1.29, 1.82) is 0 Å². The van der Waals surface area contributed by atoms with Gasteiger partial charge >= 0.3 is 6.18 Å². The molecule has 1 aliphatic rings. The predicted octanol–water partition coefficient (Wildman–Crippen LogP) is 4.64. The average molecular weight is 385 g/mol. The molecule has 26 heavy (non-hydrogen) atoms. The number of alkyl halides is 3. The van der Waals surface area contributed by atoms with Crippen molar-refractivity contribution in [3.05, 3.63) is 52.9 Å². The molecule has 2 atom stereocenters. The number of anilines is 1. The molecule has 3 rings (SSSR count). The third-order valence-electron chi connectivity index (χ3n) is 4.79. The highest BCUT2D eigenvalue weighted by atomic mass is 35.5. The van der Waals surface area contributed by atoms with E-state index < -0.39 is 11.7 Å². The Morgan fingerprint density at radius 2 is 2.00 bits per heavy atom. The van der Waals surface area contributed by atoms with Crippen molar-refractivity contribution in [3.63, 3.8) is 0 Å². The van der Waals surface area contributed by atoms with Crippen molar-refractivity contribution in [1.82, 2.24) is 14.9 Å². The maximum Gasteiger partial charge on any atom is 0.416 e. The lowest BCUT2D eigenvalue weighted by Gasteiger charge is -2.40. The highest BCUT2D eigenvalue weighted by molar-refractivity contribution is 6.32. The molecular weight excluding hydrogens is 365 g/mol. The SMILES string of the molecule is CN1CCCC(CNc2ncncc2Cl)C1c1ccc(C(F)(F)F)cc1. The minimum atomic E-state index is -4.32. The maximum atomic E-state index is 12.8. The smallest absolute Gasteiger partial charge is 0.368 e. The first-order valence-corrected chi connectivity index (χ1v) is 8.81. The number of benzene rings is 1. The Labute approximate surface area is 155 Å². The van der Waals surface area contributed by atoms with E-state index in [9.17, 15) is 13.2 Å². The van der Waals surface area contributed by atoms with Crippen LogP contribution < -0.4 is 5.32 Å². The zero-order valence-corrected chi connectivity index (χ0v) is 15.1. The van der Waals surface area contributed by atoms with Crippen LogP contribution in [-0.4, -0.2) is 35.0 Å². The Hall–Kier alpha value is -1.86. The zero-order chi connectivity index (χ0) is 18.7. The zero-order valence-electron chi connectivity index (χ0n) is 14.3. The summed E-state index contributed by atoms with van der Waals surface area (Å²) in [4.78, 5) is 10.2. The molecule has 1 aromatic carbocycles. The fourth-order valence-electron chi connectivity index (χ4n) is 3.54. The van der Waals surface area contributed by atoms with Crippen LogP contribution in [0.25, 0.3) is 0 Å². The van der Waals surface area contributed by atoms with Gasteiger partial charge in [-0.15, -0.1) is 0 Å². The standard InChI is InChI=1S/C18H20ClF3N4/c1-26-8-2-3-13(9-24-17-15(19)10-23-11-25-17)16(26)12-4-6-14(7-5-12)18(20,21)22/h4-7,10-11,13,16H,2-3,8-9H2,1H3,(H,23,24,25). The molecule has 0 saturated carbocycles. The van der Waals surface area contributed by atoms with E-state index in [1.807, 2.05) is 7.05 Å². The van der Waals surface area contributed by atoms with E-state index in [2.05, 4.69) is 20.2 Å². The summed E-state index contributed by atoms with van der Waals surface area (Å²) in [7, 11) is 2.01. The summed E-state index contributed by atoms with van der Waals surface area (Å²) in [6.45, 7) is 1.54. The van der Waals surface area contributed by atoms with Crippen molar-refractivity contribution >= 4 is 17.4 Å². The van der Waals surface area contributed by atoms with Crippen LogP contribution in [-0.2, 0) is 6.18 Å². The van der Waals surface area contributed by atoms with Gasteiger partial charge in [0.05, 0.1) is 11.8 Å². The molecule has 0 radical (unpaired) electrons. The van der Waals surface area contributed by atoms with Gasteiger partial charge in [-0.2, -0.15) is 13.2 Å². The van der Waals surface area contributed by atoms with Gasteiger partial charge in [-0.05, 0) is 50.0 Å². The van der Waals surface area contributed by atoms with Crippen LogP contribution >= 0.6 is 11.6 Å². The summed E-state index contributed by atoms with van der Waals surface area (Å²) >= 11 is 6.08. The first kappa shape index (κ1) is 18.9. The van der Waals surface area contributed by atoms with E-state index in [4.69, 9.17) is 11.6 Å². The molecule has 4 nitrogen and oxygen atoms in total. The van der Waals surface area contributed by atoms with Gasteiger partial charge < -0.3 is 5.32 Å². The average Bonchev–Trinajstić information content (AvgIpc) is 2.60. The van der Waals surface area contributed by atoms with Crippen molar-refractivity contribution < 1.29 is 13.2 Å². The summed E-state index contributed by atoms with van der Waals surface area (Å²) in [5.74, 6) is 0.803. The normalized spacial score (nSPS) is 21.6. The summed E-state index contributed by atoms with van der Waals surface area (Å²) < 4.78 is 38.4. The molecule has 2 unspecified atom stereocenters. The monoisotopic (exact) mass is 384 g/mol. The first-order valence-electron chi connectivity index (χ1n) is 8.43. The molecule has 1 N–H and O–H groups in total. The van der Waals surface area contributed by atoms with Gasteiger partial charge in [0.1, 0.15) is 17.2 Å². The summed E-state index contributed by atoms with van der Waals surface area (Å²) in [6.07, 6.45) is 0.650. The third-order valence-corrected chi connectivity index (χ3v) is 5.06. The lowest BCUT2D eigenvalue weighted by atomic mass is 9.84. The van der Waals surface area contributed by atoms with Crippen molar-refractivity contribution in [2.24, 2.45) is 5.92 Å². The van der Waals surface area contributed by atoms with Crippen LogP contribution in [0, 0.1) is 5.92 Å². The number of aromatic nitrogens is 2. The lowest BCUT2D eigenvalue weighted by molar-refractivity contribution is -0.137. The van der Waals surface area contributed by atoms with E-state index in [0.717, 1.165) is 37.1 Å². The Bertz CT molecular complexity index is 736. The Balaban J connectivity index is 1.77. The Morgan fingerprint density at radius 3 is 2.65 bits per heavy atom. The summed E-state index contributed by atoms with van der Waals surface area (Å²) in [5, 5.41) is 3.70. The minimum absolute atomic E-state index is 0.0409. The van der Waals surface area contributed by atoms with E-state index in [1.54, 1.807) is 12.1 Å². The molecule has 0 spiro atoms.